The highest BCUT2D eigenvalue weighted by molar-refractivity contribution is 7.99. The maximum absolute atomic E-state index is 13.6. The second-order valence-corrected chi connectivity index (χ2v) is 5.48. The molecule has 2 aromatic carbocycles. The average Bonchev–Trinajstić information content (AvgIpc) is 2.43. The van der Waals surface area contributed by atoms with Crippen molar-refractivity contribution >= 4 is 23.6 Å². The SMILES string of the molecule is O=C1/C(=C/c2cccc(O)c2)CSc2c(F)cccc21. The molecule has 0 radical (unpaired) electrons. The molecule has 0 saturated carbocycles. The molecule has 0 fully saturated rings. The normalized spacial score (nSPS) is 16.2. The standard InChI is InChI=1S/C16H11FO2S/c17-14-6-2-5-13-15(19)11(9-20-16(13)14)7-10-3-1-4-12(18)8-10/h1-8,18H,9H2/b11-7+. The van der Waals surface area contributed by atoms with E-state index in [0.717, 1.165) is 5.56 Å². The average molecular weight is 286 g/mol. The van der Waals surface area contributed by atoms with E-state index >= 15 is 0 Å². The highest BCUT2D eigenvalue weighted by Gasteiger charge is 2.24. The van der Waals surface area contributed by atoms with Crippen molar-refractivity contribution in [2.75, 3.05) is 5.75 Å². The Bertz CT molecular complexity index is 722. The van der Waals surface area contributed by atoms with E-state index in [2.05, 4.69) is 0 Å². The molecule has 0 bridgehead atoms. The van der Waals surface area contributed by atoms with E-state index < -0.39 is 0 Å². The maximum Gasteiger partial charge on any atom is 0.191 e. The predicted octanol–water partition coefficient (Wildman–Crippen LogP) is 3.90. The summed E-state index contributed by atoms with van der Waals surface area (Å²) in [6.45, 7) is 0. The van der Waals surface area contributed by atoms with E-state index in [4.69, 9.17) is 0 Å². The van der Waals surface area contributed by atoms with Crippen molar-refractivity contribution in [3.8, 4) is 5.75 Å². The van der Waals surface area contributed by atoms with Crippen molar-refractivity contribution in [1.29, 1.82) is 0 Å². The predicted molar refractivity (Wildman–Crippen MR) is 77.5 cm³/mol. The lowest BCUT2D eigenvalue weighted by Crippen LogP contribution is -2.13. The Balaban J connectivity index is 2.00. The summed E-state index contributed by atoms with van der Waals surface area (Å²) in [5.74, 6) is 0.0863. The summed E-state index contributed by atoms with van der Waals surface area (Å²) in [4.78, 5) is 12.8. The fourth-order valence-corrected chi connectivity index (χ4v) is 3.18. The number of carbonyl (C=O) groups excluding carboxylic acids is 1. The number of Topliss-reactive ketones (excluding diaryl/α,β-unsaturated/α-hetero) is 1. The van der Waals surface area contributed by atoms with E-state index in [1.165, 1.54) is 17.8 Å². The lowest BCUT2D eigenvalue weighted by molar-refractivity contribution is 0.103. The number of benzene rings is 2. The van der Waals surface area contributed by atoms with E-state index in [-0.39, 0.29) is 17.3 Å². The van der Waals surface area contributed by atoms with Crippen molar-refractivity contribution in [2.24, 2.45) is 0 Å². The smallest absolute Gasteiger partial charge is 0.191 e. The molecule has 20 heavy (non-hydrogen) atoms. The zero-order chi connectivity index (χ0) is 14.1. The molecule has 1 aliphatic rings. The molecule has 1 N–H and O–H groups in total. The summed E-state index contributed by atoms with van der Waals surface area (Å²) in [6.07, 6.45) is 1.74. The molecule has 0 aromatic heterocycles. The number of hydrogen-bond donors (Lipinski definition) is 1. The summed E-state index contributed by atoms with van der Waals surface area (Å²) < 4.78 is 13.6. The minimum atomic E-state index is -0.350. The summed E-state index contributed by atoms with van der Waals surface area (Å²) >= 11 is 1.32. The van der Waals surface area contributed by atoms with Gasteiger partial charge in [-0.25, -0.2) is 4.39 Å². The third kappa shape index (κ3) is 2.34. The third-order valence-electron chi connectivity index (χ3n) is 3.09. The van der Waals surface area contributed by atoms with Gasteiger partial charge in [0.25, 0.3) is 0 Å². The lowest BCUT2D eigenvalue weighted by atomic mass is 10.0. The van der Waals surface area contributed by atoms with Crippen LogP contribution in [0.3, 0.4) is 0 Å². The van der Waals surface area contributed by atoms with Gasteiger partial charge in [-0.1, -0.05) is 18.2 Å². The van der Waals surface area contributed by atoms with Crippen molar-refractivity contribution in [2.45, 2.75) is 4.90 Å². The molecule has 2 aromatic rings. The number of rotatable bonds is 1. The molecule has 4 heteroatoms. The first-order chi connectivity index (χ1) is 9.65. The van der Waals surface area contributed by atoms with Crippen LogP contribution in [0.5, 0.6) is 5.75 Å². The number of hydrogen-bond acceptors (Lipinski definition) is 3. The summed E-state index contributed by atoms with van der Waals surface area (Å²) in [7, 11) is 0. The topological polar surface area (TPSA) is 37.3 Å². The second-order valence-electron chi connectivity index (χ2n) is 4.50. The first kappa shape index (κ1) is 12.9. The number of ketones is 1. The number of halogens is 1. The molecule has 0 saturated heterocycles. The van der Waals surface area contributed by atoms with Crippen molar-refractivity contribution < 1.29 is 14.3 Å². The van der Waals surface area contributed by atoms with E-state index in [1.807, 2.05) is 6.07 Å². The third-order valence-corrected chi connectivity index (χ3v) is 4.25. The Kier molecular flexibility index (Phi) is 3.32. The van der Waals surface area contributed by atoms with Gasteiger partial charge < -0.3 is 5.11 Å². The molecule has 3 rings (SSSR count). The minimum Gasteiger partial charge on any atom is -0.508 e. The number of fused-ring (bicyclic) bond motifs is 1. The molecular formula is C16H11FO2S. The van der Waals surface area contributed by atoms with Crippen LogP contribution in [0.4, 0.5) is 4.39 Å². The van der Waals surface area contributed by atoms with E-state index in [0.29, 0.717) is 21.8 Å². The largest absolute Gasteiger partial charge is 0.508 e. The van der Waals surface area contributed by atoms with Crippen LogP contribution in [-0.4, -0.2) is 16.6 Å². The van der Waals surface area contributed by atoms with Gasteiger partial charge in [0.05, 0.1) is 4.90 Å². The Morgan fingerprint density at radius 1 is 1.20 bits per heavy atom. The molecule has 100 valence electrons. The molecule has 0 atom stereocenters. The Hall–Kier alpha value is -2.07. The molecule has 0 spiro atoms. The molecule has 0 aliphatic carbocycles. The van der Waals surface area contributed by atoms with Crippen LogP contribution < -0.4 is 0 Å². The second kappa shape index (κ2) is 5.13. The Labute approximate surface area is 119 Å². The fraction of sp³-hybridized carbons (Fsp3) is 0.0625. The maximum atomic E-state index is 13.6. The van der Waals surface area contributed by atoms with Crippen LogP contribution in [0.25, 0.3) is 6.08 Å². The van der Waals surface area contributed by atoms with Crippen LogP contribution in [0.15, 0.2) is 52.9 Å². The number of carbonyl (C=O) groups is 1. The number of aromatic hydroxyl groups is 1. The molecule has 1 heterocycles. The van der Waals surface area contributed by atoms with Gasteiger partial charge in [-0.15, -0.1) is 11.8 Å². The zero-order valence-electron chi connectivity index (χ0n) is 10.5. The Morgan fingerprint density at radius 2 is 2.00 bits per heavy atom. The molecular weight excluding hydrogens is 275 g/mol. The van der Waals surface area contributed by atoms with Gasteiger partial charge in [0.1, 0.15) is 11.6 Å². The van der Waals surface area contributed by atoms with Crippen molar-refractivity contribution in [3.63, 3.8) is 0 Å². The van der Waals surface area contributed by atoms with Crippen LogP contribution in [0.1, 0.15) is 15.9 Å². The highest BCUT2D eigenvalue weighted by Crippen LogP contribution is 2.35. The number of thioether (sulfide) groups is 1. The first-order valence-corrected chi connectivity index (χ1v) is 7.09. The van der Waals surface area contributed by atoms with Crippen molar-refractivity contribution in [3.05, 3.63) is 65.0 Å². The van der Waals surface area contributed by atoms with Gasteiger partial charge in [-0.3, -0.25) is 4.79 Å². The van der Waals surface area contributed by atoms with Crippen LogP contribution in [0.2, 0.25) is 0 Å². The lowest BCUT2D eigenvalue weighted by Gasteiger charge is -2.17. The van der Waals surface area contributed by atoms with Gasteiger partial charge in [0, 0.05) is 16.9 Å². The first-order valence-electron chi connectivity index (χ1n) is 6.11. The molecule has 0 unspecified atom stereocenters. The summed E-state index contributed by atoms with van der Waals surface area (Å²) in [5, 5.41) is 9.43. The monoisotopic (exact) mass is 286 g/mol. The molecule has 0 amide bonds. The summed E-state index contributed by atoms with van der Waals surface area (Å²) in [5.41, 5.74) is 1.78. The van der Waals surface area contributed by atoms with Gasteiger partial charge in [0.2, 0.25) is 0 Å². The van der Waals surface area contributed by atoms with Crippen LogP contribution in [0, 0.1) is 5.82 Å². The minimum absolute atomic E-state index is 0.151. The summed E-state index contributed by atoms with van der Waals surface area (Å²) in [6, 6.07) is 11.2. The van der Waals surface area contributed by atoms with Gasteiger partial charge in [-0.2, -0.15) is 0 Å². The zero-order valence-corrected chi connectivity index (χ0v) is 11.3. The highest BCUT2D eigenvalue weighted by atomic mass is 32.2. The Morgan fingerprint density at radius 3 is 2.80 bits per heavy atom. The van der Waals surface area contributed by atoms with Gasteiger partial charge in [-0.05, 0) is 35.9 Å². The van der Waals surface area contributed by atoms with Crippen LogP contribution in [-0.2, 0) is 0 Å². The van der Waals surface area contributed by atoms with Gasteiger partial charge in [0.15, 0.2) is 5.78 Å². The number of phenolic OH excluding ortho intramolecular Hbond substituents is 1. The number of phenols is 1. The van der Waals surface area contributed by atoms with E-state index in [1.54, 1.807) is 36.4 Å². The fourth-order valence-electron chi connectivity index (χ4n) is 2.15. The molecule has 2 nitrogen and oxygen atoms in total. The quantitative estimate of drug-likeness (QED) is 0.808. The van der Waals surface area contributed by atoms with Crippen molar-refractivity contribution in [1.82, 2.24) is 0 Å². The van der Waals surface area contributed by atoms with Crippen LogP contribution >= 0.6 is 11.8 Å². The van der Waals surface area contributed by atoms with E-state index in [9.17, 15) is 14.3 Å². The van der Waals surface area contributed by atoms with Gasteiger partial charge >= 0.3 is 0 Å². The molecule has 1 aliphatic heterocycles.